The van der Waals surface area contributed by atoms with Crippen LogP contribution in [0.3, 0.4) is 0 Å². The van der Waals surface area contributed by atoms with Gasteiger partial charge in [0.15, 0.2) is 0 Å². The predicted octanol–water partition coefficient (Wildman–Crippen LogP) is 4.69. The van der Waals surface area contributed by atoms with Gasteiger partial charge in [0.05, 0.1) is 6.61 Å². The maximum absolute atomic E-state index is 6.76. The van der Waals surface area contributed by atoms with Crippen LogP contribution in [0.15, 0.2) is 48.5 Å². The molecule has 1 spiro atoms. The van der Waals surface area contributed by atoms with Crippen molar-refractivity contribution in [1.82, 2.24) is 9.80 Å². The lowest BCUT2D eigenvalue weighted by Crippen LogP contribution is -2.53. The smallest absolute Gasteiger partial charge is 0.124 e. The highest BCUT2D eigenvalue weighted by Crippen LogP contribution is 2.36. The zero-order valence-corrected chi connectivity index (χ0v) is 18.8. The molecule has 4 heteroatoms. The number of piperidine rings is 1. The molecule has 0 amide bonds. The number of benzene rings is 2. The van der Waals surface area contributed by atoms with Crippen molar-refractivity contribution in [3.63, 3.8) is 0 Å². The van der Waals surface area contributed by atoms with Crippen LogP contribution in [0.2, 0.25) is 0 Å². The first-order chi connectivity index (χ1) is 14.6. The van der Waals surface area contributed by atoms with Gasteiger partial charge >= 0.3 is 0 Å². The average molecular weight is 409 g/mol. The Morgan fingerprint density at radius 2 is 1.73 bits per heavy atom. The van der Waals surface area contributed by atoms with E-state index >= 15 is 0 Å². The molecule has 30 heavy (non-hydrogen) atoms. The van der Waals surface area contributed by atoms with Crippen molar-refractivity contribution in [2.75, 3.05) is 39.9 Å². The molecule has 2 heterocycles. The molecule has 4 rings (SSSR count). The van der Waals surface area contributed by atoms with E-state index in [1.54, 1.807) is 7.11 Å². The number of nitrogens with zero attached hydrogens (tertiary/aromatic N) is 2. The van der Waals surface area contributed by atoms with Crippen LogP contribution in [0.1, 0.15) is 49.3 Å². The highest BCUT2D eigenvalue weighted by Gasteiger charge is 2.40. The zero-order valence-electron chi connectivity index (χ0n) is 18.8. The standard InChI is InChI=1S/C26H36N2O2/c1-21(2)23-10-8-22(9-11-23)18-28-19-24-6-4-5-7-25(24)30-26(20-28)12-14-27(15-13-26)16-17-29-3/h4-11,21H,12-20H2,1-3H3. The number of hydrogen-bond donors (Lipinski definition) is 0. The Kier molecular flexibility index (Phi) is 6.77. The number of para-hydroxylation sites is 1. The third kappa shape index (κ3) is 5.05. The minimum absolute atomic E-state index is 0.103. The molecule has 2 aromatic carbocycles. The Balaban J connectivity index is 1.51. The van der Waals surface area contributed by atoms with E-state index in [-0.39, 0.29) is 5.60 Å². The molecule has 1 saturated heterocycles. The Labute approximate surface area is 181 Å². The molecule has 2 aliphatic heterocycles. The number of likely N-dealkylation sites (tertiary alicyclic amines) is 1. The van der Waals surface area contributed by atoms with Crippen molar-refractivity contribution in [3.05, 3.63) is 65.2 Å². The summed E-state index contributed by atoms with van der Waals surface area (Å²) >= 11 is 0. The summed E-state index contributed by atoms with van der Waals surface area (Å²) in [5.74, 6) is 1.64. The third-order valence-electron chi connectivity index (χ3n) is 6.64. The van der Waals surface area contributed by atoms with Crippen LogP contribution >= 0.6 is 0 Å². The molecule has 1 fully saturated rings. The lowest BCUT2D eigenvalue weighted by atomic mass is 9.90. The van der Waals surface area contributed by atoms with Gasteiger partial charge in [-0.1, -0.05) is 56.3 Å². The summed E-state index contributed by atoms with van der Waals surface area (Å²) in [6.45, 7) is 11.3. The van der Waals surface area contributed by atoms with Gasteiger partial charge in [-0.2, -0.15) is 0 Å². The summed E-state index contributed by atoms with van der Waals surface area (Å²) in [6, 6.07) is 17.8. The van der Waals surface area contributed by atoms with Crippen LogP contribution < -0.4 is 4.74 Å². The highest BCUT2D eigenvalue weighted by atomic mass is 16.5. The van der Waals surface area contributed by atoms with Gasteiger partial charge < -0.3 is 14.4 Å². The first-order valence-corrected chi connectivity index (χ1v) is 11.4. The van der Waals surface area contributed by atoms with E-state index in [2.05, 4.69) is 72.2 Å². The largest absolute Gasteiger partial charge is 0.486 e. The van der Waals surface area contributed by atoms with E-state index in [9.17, 15) is 0 Å². The summed E-state index contributed by atoms with van der Waals surface area (Å²) in [7, 11) is 1.78. The highest BCUT2D eigenvalue weighted by molar-refractivity contribution is 5.35. The van der Waals surface area contributed by atoms with E-state index in [1.807, 2.05) is 0 Å². The van der Waals surface area contributed by atoms with Crippen LogP contribution in [-0.4, -0.2) is 55.3 Å². The van der Waals surface area contributed by atoms with Crippen molar-refractivity contribution < 1.29 is 9.47 Å². The number of fused-ring (bicyclic) bond motifs is 1. The second kappa shape index (κ2) is 9.51. The summed E-state index contributed by atoms with van der Waals surface area (Å²) in [6.07, 6.45) is 2.13. The van der Waals surface area contributed by atoms with Gasteiger partial charge in [-0.25, -0.2) is 0 Å². The van der Waals surface area contributed by atoms with Gasteiger partial charge in [-0.15, -0.1) is 0 Å². The maximum Gasteiger partial charge on any atom is 0.124 e. The van der Waals surface area contributed by atoms with Gasteiger partial charge in [-0.05, 0) is 23.1 Å². The van der Waals surface area contributed by atoms with Gasteiger partial charge in [-0.3, -0.25) is 4.90 Å². The van der Waals surface area contributed by atoms with Gasteiger partial charge in [0.25, 0.3) is 0 Å². The van der Waals surface area contributed by atoms with E-state index in [1.165, 1.54) is 16.7 Å². The fourth-order valence-corrected chi connectivity index (χ4v) is 4.75. The summed E-state index contributed by atoms with van der Waals surface area (Å²) in [5.41, 5.74) is 3.98. The molecule has 0 saturated carbocycles. The molecule has 0 aliphatic carbocycles. The molecule has 0 N–H and O–H groups in total. The SMILES string of the molecule is COCCN1CCC2(CC1)CN(Cc1ccc(C(C)C)cc1)Cc1ccccc1O2. The summed E-state index contributed by atoms with van der Waals surface area (Å²) in [4.78, 5) is 5.09. The molecule has 0 aromatic heterocycles. The molecule has 0 bridgehead atoms. The Morgan fingerprint density at radius 3 is 2.43 bits per heavy atom. The summed E-state index contributed by atoms with van der Waals surface area (Å²) < 4.78 is 12.0. The van der Waals surface area contributed by atoms with Crippen LogP contribution in [-0.2, 0) is 17.8 Å². The molecule has 4 nitrogen and oxygen atoms in total. The van der Waals surface area contributed by atoms with E-state index < -0.39 is 0 Å². The third-order valence-corrected chi connectivity index (χ3v) is 6.64. The predicted molar refractivity (Wildman–Crippen MR) is 122 cm³/mol. The normalized spacial score (nSPS) is 19.5. The van der Waals surface area contributed by atoms with Crippen molar-refractivity contribution in [1.29, 1.82) is 0 Å². The van der Waals surface area contributed by atoms with Crippen LogP contribution in [0, 0.1) is 0 Å². The minimum Gasteiger partial charge on any atom is -0.486 e. The van der Waals surface area contributed by atoms with Crippen molar-refractivity contribution in [2.24, 2.45) is 0 Å². The average Bonchev–Trinajstić information content (AvgIpc) is 2.90. The first kappa shape index (κ1) is 21.4. The van der Waals surface area contributed by atoms with Gasteiger partial charge in [0.2, 0.25) is 0 Å². The van der Waals surface area contributed by atoms with E-state index in [4.69, 9.17) is 9.47 Å². The van der Waals surface area contributed by atoms with E-state index in [0.717, 1.165) is 64.5 Å². The molecule has 162 valence electrons. The van der Waals surface area contributed by atoms with Crippen LogP contribution in [0.25, 0.3) is 0 Å². The van der Waals surface area contributed by atoms with Crippen molar-refractivity contribution in [2.45, 2.75) is 51.3 Å². The molecule has 0 atom stereocenters. The molecule has 0 radical (unpaired) electrons. The minimum atomic E-state index is -0.103. The number of ether oxygens (including phenoxy) is 2. The van der Waals surface area contributed by atoms with Gasteiger partial charge in [0.1, 0.15) is 11.4 Å². The molecular weight excluding hydrogens is 372 g/mol. The summed E-state index contributed by atoms with van der Waals surface area (Å²) in [5, 5.41) is 0. The van der Waals surface area contributed by atoms with E-state index in [0.29, 0.717) is 5.92 Å². The molecule has 2 aliphatic rings. The monoisotopic (exact) mass is 408 g/mol. The topological polar surface area (TPSA) is 24.9 Å². The Bertz CT molecular complexity index is 810. The second-order valence-corrected chi connectivity index (χ2v) is 9.27. The number of methoxy groups -OCH3 is 1. The molecule has 2 aromatic rings. The Hall–Kier alpha value is -1.88. The Morgan fingerprint density at radius 1 is 1.00 bits per heavy atom. The quantitative estimate of drug-likeness (QED) is 0.693. The van der Waals surface area contributed by atoms with Crippen LogP contribution in [0.4, 0.5) is 0 Å². The lowest BCUT2D eigenvalue weighted by molar-refractivity contribution is -0.0233. The van der Waals surface area contributed by atoms with Crippen molar-refractivity contribution in [3.8, 4) is 5.75 Å². The number of rotatable bonds is 6. The fraction of sp³-hybridized carbons (Fsp3) is 0.538. The number of hydrogen-bond acceptors (Lipinski definition) is 4. The molecule has 0 unspecified atom stereocenters. The fourth-order valence-electron chi connectivity index (χ4n) is 4.75. The van der Waals surface area contributed by atoms with Crippen molar-refractivity contribution >= 4 is 0 Å². The lowest BCUT2D eigenvalue weighted by Gasteiger charge is -2.43. The van der Waals surface area contributed by atoms with Gasteiger partial charge in [0, 0.05) is 64.8 Å². The maximum atomic E-state index is 6.76. The molecular formula is C26H36N2O2. The van der Waals surface area contributed by atoms with Crippen LogP contribution in [0.5, 0.6) is 5.75 Å². The second-order valence-electron chi connectivity index (χ2n) is 9.27. The zero-order chi connectivity index (χ0) is 21.0. The first-order valence-electron chi connectivity index (χ1n) is 11.4.